The molecule has 0 saturated heterocycles. The Bertz CT molecular complexity index is 216. The lowest BCUT2D eigenvalue weighted by Crippen LogP contribution is -2.26. The van der Waals surface area contributed by atoms with Crippen LogP contribution in [0.15, 0.2) is 12.2 Å². The highest BCUT2D eigenvalue weighted by Crippen LogP contribution is 2.49. The maximum absolute atomic E-state index is 11.9. The summed E-state index contributed by atoms with van der Waals surface area (Å²) in [5, 5.41) is 0. The molecule has 0 bridgehead atoms. The molecule has 7 heteroatoms. The second-order valence-corrected chi connectivity index (χ2v) is 3.84. The molecule has 0 aliphatic carbocycles. The smallest absolute Gasteiger partial charge is 0.324 e. The van der Waals surface area contributed by atoms with Crippen LogP contribution in [0.2, 0.25) is 0 Å². The molecule has 3 nitrogen and oxygen atoms in total. The Kier molecular flexibility index (Phi) is 3.50. The number of halogens is 3. The first-order chi connectivity index (χ1) is 5.19. The normalized spacial score (nSPS) is 16.8. The van der Waals surface area contributed by atoms with Gasteiger partial charge in [0.2, 0.25) is 0 Å². The molecule has 0 rings (SSSR count). The quantitative estimate of drug-likeness (QED) is 0.531. The molecule has 0 aromatic heterocycles. The summed E-state index contributed by atoms with van der Waals surface area (Å²) >= 11 is 0. The van der Waals surface area contributed by atoms with Crippen LogP contribution in [0.3, 0.4) is 0 Å². The van der Waals surface area contributed by atoms with Crippen LogP contribution in [-0.2, 0) is 4.57 Å². The van der Waals surface area contributed by atoms with Crippen molar-refractivity contribution < 1.29 is 27.5 Å². The molecule has 12 heavy (non-hydrogen) atoms. The summed E-state index contributed by atoms with van der Waals surface area (Å²) in [5.74, 6) is 0. The van der Waals surface area contributed by atoms with Crippen molar-refractivity contribution in [3.8, 4) is 0 Å². The van der Waals surface area contributed by atoms with Crippen LogP contribution in [0.1, 0.15) is 6.92 Å². The van der Waals surface area contributed by atoms with E-state index < -0.39 is 19.4 Å². The van der Waals surface area contributed by atoms with Crippen molar-refractivity contribution in [2.45, 2.75) is 18.8 Å². The Balaban J connectivity index is 4.82. The Labute approximate surface area is 67.1 Å². The summed E-state index contributed by atoms with van der Waals surface area (Å²) in [6.07, 6.45) is -3.50. The van der Waals surface area contributed by atoms with E-state index in [0.29, 0.717) is 6.08 Å². The van der Waals surface area contributed by atoms with Gasteiger partial charge in [0, 0.05) is 0 Å². The van der Waals surface area contributed by atoms with Gasteiger partial charge in [0.05, 0.1) is 0 Å². The van der Waals surface area contributed by atoms with Gasteiger partial charge in [0.1, 0.15) is 0 Å². The Hall–Kier alpha value is -0.320. The molecule has 1 atom stereocenters. The molecule has 0 aliphatic heterocycles. The minimum Gasteiger partial charge on any atom is -0.324 e. The van der Waals surface area contributed by atoms with Crippen LogP contribution in [-0.4, -0.2) is 21.6 Å². The van der Waals surface area contributed by atoms with Gasteiger partial charge >= 0.3 is 13.8 Å². The molecular formula is C5H8F3O3P. The predicted octanol–water partition coefficient (Wildman–Crippen LogP) is 1.67. The van der Waals surface area contributed by atoms with Gasteiger partial charge in [0.15, 0.2) is 5.66 Å². The summed E-state index contributed by atoms with van der Waals surface area (Å²) in [5.41, 5.74) is -2.69. The second-order valence-electron chi connectivity index (χ2n) is 2.10. The largest absolute Gasteiger partial charge is 0.406 e. The lowest BCUT2D eigenvalue weighted by atomic mass is 10.4. The fourth-order valence-corrected chi connectivity index (χ4v) is 1.37. The van der Waals surface area contributed by atoms with E-state index in [4.69, 9.17) is 9.79 Å². The van der Waals surface area contributed by atoms with Gasteiger partial charge < -0.3 is 9.79 Å². The Morgan fingerprint density at radius 3 is 1.92 bits per heavy atom. The predicted molar refractivity (Wildman–Crippen MR) is 36.7 cm³/mol. The van der Waals surface area contributed by atoms with E-state index in [2.05, 4.69) is 0 Å². The highest BCUT2D eigenvalue weighted by molar-refractivity contribution is 7.52. The number of allylic oxidation sites excluding steroid dienone is 2. The first kappa shape index (κ1) is 11.7. The zero-order valence-corrected chi connectivity index (χ0v) is 7.01. The maximum atomic E-state index is 11.9. The molecule has 0 spiro atoms. The maximum Gasteiger partial charge on any atom is 0.406 e. The van der Waals surface area contributed by atoms with Crippen LogP contribution in [0.25, 0.3) is 0 Å². The van der Waals surface area contributed by atoms with Crippen LogP contribution >= 0.6 is 7.60 Å². The average Bonchev–Trinajstić information content (AvgIpc) is 1.77. The van der Waals surface area contributed by atoms with Crippen molar-refractivity contribution in [1.82, 2.24) is 0 Å². The fraction of sp³-hybridized carbons (Fsp3) is 0.600. The van der Waals surface area contributed by atoms with E-state index in [9.17, 15) is 17.7 Å². The fourth-order valence-electron chi connectivity index (χ4n) is 0.594. The molecule has 0 heterocycles. The summed E-state index contributed by atoms with van der Waals surface area (Å²) in [6.45, 7) is 1.26. The number of hydrogen-bond acceptors (Lipinski definition) is 1. The third kappa shape index (κ3) is 3.38. The van der Waals surface area contributed by atoms with Crippen molar-refractivity contribution in [3.05, 3.63) is 12.2 Å². The average molecular weight is 204 g/mol. The van der Waals surface area contributed by atoms with Crippen molar-refractivity contribution in [3.63, 3.8) is 0 Å². The van der Waals surface area contributed by atoms with E-state index in [1.165, 1.54) is 6.92 Å². The molecule has 0 fully saturated rings. The van der Waals surface area contributed by atoms with Gasteiger partial charge in [-0.1, -0.05) is 12.2 Å². The molecule has 0 saturated carbocycles. The molecular weight excluding hydrogens is 196 g/mol. The van der Waals surface area contributed by atoms with Crippen LogP contribution in [0.5, 0.6) is 0 Å². The van der Waals surface area contributed by atoms with Crippen LogP contribution in [0, 0.1) is 0 Å². The van der Waals surface area contributed by atoms with E-state index in [1.54, 1.807) is 0 Å². The molecule has 0 amide bonds. The monoisotopic (exact) mass is 204 g/mol. The third-order valence-corrected chi connectivity index (χ3v) is 2.26. The minimum atomic E-state index is -5.13. The van der Waals surface area contributed by atoms with E-state index in [1.807, 2.05) is 0 Å². The topological polar surface area (TPSA) is 57.5 Å². The second kappa shape index (κ2) is 3.60. The molecule has 0 aliphatic rings. The van der Waals surface area contributed by atoms with Gasteiger partial charge in [-0.05, 0) is 6.92 Å². The van der Waals surface area contributed by atoms with Gasteiger partial charge in [-0.15, -0.1) is 0 Å². The molecule has 0 aromatic rings. The molecule has 72 valence electrons. The van der Waals surface area contributed by atoms with Crippen molar-refractivity contribution >= 4 is 7.60 Å². The summed E-state index contributed by atoms with van der Waals surface area (Å²) in [4.78, 5) is 16.6. The SMILES string of the molecule is CC=CC(C(F)(F)F)P(=O)(O)O. The highest BCUT2D eigenvalue weighted by Gasteiger charge is 2.48. The van der Waals surface area contributed by atoms with Crippen LogP contribution in [0.4, 0.5) is 13.2 Å². The summed E-state index contributed by atoms with van der Waals surface area (Å²) in [6, 6.07) is 0. The minimum absolute atomic E-state index is 0.445. The number of hydrogen-bond donors (Lipinski definition) is 2. The first-order valence-electron chi connectivity index (χ1n) is 2.94. The standard InChI is InChI=1S/C5H8F3O3P/c1-2-3-4(5(6,7)8)12(9,10)11/h2-4H,1H3,(H2,9,10,11). The van der Waals surface area contributed by atoms with Crippen LogP contribution < -0.4 is 0 Å². The van der Waals surface area contributed by atoms with Gasteiger partial charge in [-0.3, -0.25) is 4.57 Å². The number of alkyl halides is 3. The van der Waals surface area contributed by atoms with Crippen molar-refractivity contribution in [2.75, 3.05) is 0 Å². The van der Waals surface area contributed by atoms with E-state index in [0.717, 1.165) is 6.08 Å². The third-order valence-electron chi connectivity index (χ3n) is 1.07. The van der Waals surface area contributed by atoms with Gasteiger partial charge in [0.25, 0.3) is 0 Å². The lowest BCUT2D eigenvalue weighted by molar-refractivity contribution is -0.124. The van der Waals surface area contributed by atoms with E-state index >= 15 is 0 Å². The zero-order valence-electron chi connectivity index (χ0n) is 6.12. The van der Waals surface area contributed by atoms with Crippen molar-refractivity contribution in [1.29, 1.82) is 0 Å². The Morgan fingerprint density at radius 1 is 1.42 bits per heavy atom. The first-order valence-corrected chi connectivity index (χ1v) is 4.62. The molecule has 2 N–H and O–H groups in total. The highest BCUT2D eigenvalue weighted by atomic mass is 31.2. The molecule has 0 radical (unpaired) electrons. The number of rotatable bonds is 2. The zero-order chi connectivity index (χ0) is 9.99. The van der Waals surface area contributed by atoms with Crippen molar-refractivity contribution in [2.24, 2.45) is 0 Å². The van der Waals surface area contributed by atoms with Gasteiger partial charge in [-0.25, -0.2) is 0 Å². The summed E-state index contributed by atoms with van der Waals surface area (Å²) in [7, 11) is -5.13. The molecule has 0 aromatic carbocycles. The molecule has 1 unspecified atom stereocenters. The Morgan fingerprint density at radius 2 is 1.83 bits per heavy atom. The summed E-state index contributed by atoms with van der Waals surface area (Å²) < 4.78 is 45.9. The van der Waals surface area contributed by atoms with Gasteiger partial charge in [-0.2, -0.15) is 13.2 Å². The lowest BCUT2D eigenvalue weighted by Gasteiger charge is -2.17. The van der Waals surface area contributed by atoms with E-state index in [-0.39, 0.29) is 0 Å².